The molecule has 1 N–H and O–H groups in total. The van der Waals surface area contributed by atoms with Crippen LogP contribution in [0.1, 0.15) is 36.5 Å². The highest BCUT2D eigenvalue weighted by Crippen LogP contribution is 2.33. The van der Waals surface area contributed by atoms with E-state index in [9.17, 15) is 5.11 Å². The van der Waals surface area contributed by atoms with Crippen molar-refractivity contribution in [2.24, 2.45) is 0 Å². The van der Waals surface area contributed by atoms with E-state index in [2.05, 4.69) is 66.4 Å². The molecule has 1 aliphatic heterocycles. The Morgan fingerprint density at radius 3 is 2.32 bits per heavy atom. The lowest BCUT2D eigenvalue weighted by Gasteiger charge is -2.38. The molecule has 1 aliphatic rings. The van der Waals surface area contributed by atoms with Crippen molar-refractivity contribution < 1.29 is 5.11 Å². The van der Waals surface area contributed by atoms with Crippen molar-refractivity contribution in [2.75, 3.05) is 13.1 Å². The highest BCUT2D eigenvalue weighted by molar-refractivity contribution is 5.29. The number of nitrogens with zero attached hydrogens (tertiary/aromatic N) is 1. The summed E-state index contributed by atoms with van der Waals surface area (Å²) in [6.07, 6.45) is 2.64. The number of likely N-dealkylation sites (tertiary alicyclic amines) is 1. The summed E-state index contributed by atoms with van der Waals surface area (Å²) < 4.78 is 0. The van der Waals surface area contributed by atoms with Crippen molar-refractivity contribution in [3.05, 3.63) is 71.3 Å². The Kier molecular flexibility index (Phi) is 4.60. The Morgan fingerprint density at radius 2 is 1.64 bits per heavy atom. The summed E-state index contributed by atoms with van der Waals surface area (Å²) in [6, 6.07) is 19.0. The van der Waals surface area contributed by atoms with Crippen LogP contribution in [0.2, 0.25) is 0 Å². The van der Waals surface area contributed by atoms with Crippen LogP contribution in [-0.2, 0) is 18.6 Å². The van der Waals surface area contributed by atoms with Crippen LogP contribution in [0.15, 0.2) is 54.6 Å². The number of aryl methyl sites for hydroxylation is 1. The van der Waals surface area contributed by atoms with Gasteiger partial charge in [-0.15, -0.1) is 0 Å². The second-order valence-electron chi connectivity index (χ2n) is 6.35. The Labute approximate surface area is 133 Å². The summed E-state index contributed by atoms with van der Waals surface area (Å²) >= 11 is 0. The molecular formula is C20H25NO. The number of hydrogen-bond acceptors (Lipinski definition) is 2. The van der Waals surface area contributed by atoms with Crippen molar-refractivity contribution in [1.29, 1.82) is 0 Å². The average Bonchev–Trinajstić information content (AvgIpc) is 2.58. The molecule has 0 aliphatic carbocycles. The normalized spacial score (nSPS) is 18.3. The fourth-order valence-electron chi connectivity index (χ4n) is 3.29. The van der Waals surface area contributed by atoms with Gasteiger partial charge in [0.2, 0.25) is 0 Å². The highest BCUT2D eigenvalue weighted by atomic mass is 16.3. The zero-order chi connectivity index (χ0) is 15.4. The molecule has 116 valence electrons. The molecule has 0 unspecified atom stereocenters. The SMILES string of the molecule is CCc1cccc(C2(O)CCN(Cc3ccccc3)CC2)c1. The minimum absolute atomic E-state index is 0.654. The minimum Gasteiger partial charge on any atom is -0.385 e. The fourth-order valence-corrected chi connectivity index (χ4v) is 3.29. The highest BCUT2D eigenvalue weighted by Gasteiger charge is 2.33. The smallest absolute Gasteiger partial charge is 0.0921 e. The standard InChI is InChI=1S/C20H25NO/c1-2-17-9-6-10-19(15-17)20(22)11-13-21(14-12-20)16-18-7-4-3-5-8-18/h3-10,15,22H,2,11-14,16H2,1H3. The number of aliphatic hydroxyl groups is 1. The predicted molar refractivity (Wildman–Crippen MR) is 90.7 cm³/mol. The predicted octanol–water partition coefficient (Wildman–Crippen LogP) is 3.73. The monoisotopic (exact) mass is 295 g/mol. The third-order valence-electron chi connectivity index (χ3n) is 4.80. The number of benzene rings is 2. The van der Waals surface area contributed by atoms with Gasteiger partial charge in [0.15, 0.2) is 0 Å². The molecule has 1 heterocycles. The van der Waals surface area contributed by atoms with E-state index in [1.165, 1.54) is 11.1 Å². The van der Waals surface area contributed by atoms with Crippen LogP contribution < -0.4 is 0 Å². The van der Waals surface area contributed by atoms with E-state index in [-0.39, 0.29) is 0 Å². The minimum atomic E-state index is -0.654. The molecule has 3 rings (SSSR count). The van der Waals surface area contributed by atoms with E-state index in [0.717, 1.165) is 44.5 Å². The Morgan fingerprint density at radius 1 is 0.955 bits per heavy atom. The van der Waals surface area contributed by atoms with Gasteiger partial charge < -0.3 is 5.11 Å². The van der Waals surface area contributed by atoms with Gasteiger partial charge >= 0.3 is 0 Å². The van der Waals surface area contributed by atoms with E-state index in [1.807, 2.05) is 0 Å². The molecule has 2 aromatic carbocycles. The van der Waals surface area contributed by atoms with E-state index in [1.54, 1.807) is 0 Å². The molecule has 2 heteroatoms. The van der Waals surface area contributed by atoms with Gasteiger partial charge in [-0.2, -0.15) is 0 Å². The molecule has 1 saturated heterocycles. The van der Waals surface area contributed by atoms with E-state index >= 15 is 0 Å². The second kappa shape index (κ2) is 6.64. The number of rotatable bonds is 4. The molecule has 2 nitrogen and oxygen atoms in total. The summed E-state index contributed by atoms with van der Waals surface area (Å²) in [5.74, 6) is 0. The van der Waals surface area contributed by atoms with Crippen molar-refractivity contribution in [3.8, 4) is 0 Å². The molecule has 22 heavy (non-hydrogen) atoms. The van der Waals surface area contributed by atoms with Crippen LogP contribution in [0.25, 0.3) is 0 Å². The van der Waals surface area contributed by atoms with Crippen molar-refractivity contribution in [2.45, 2.75) is 38.3 Å². The van der Waals surface area contributed by atoms with Gasteiger partial charge in [0.1, 0.15) is 0 Å². The lowest BCUT2D eigenvalue weighted by molar-refractivity contribution is -0.0277. The molecule has 0 radical (unpaired) electrons. The van der Waals surface area contributed by atoms with Gasteiger partial charge in [0.05, 0.1) is 5.60 Å². The van der Waals surface area contributed by atoms with Crippen LogP contribution in [0.4, 0.5) is 0 Å². The maximum absolute atomic E-state index is 11.0. The molecule has 0 aromatic heterocycles. The Hall–Kier alpha value is -1.64. The first-order valence-corrected chi connectivity index (χ1v) is 8.28. The van der Waals surface area contributed by atoms with Crippen LogP contribution in [0.3, 0.4) is 0 Å². The summed E-state index contributed by atoms with van der Waals surface area (Å²) in [5.41, 5.74) is 3.09. The van der Waals surface area contributed by atoms with Crippen molar-refractivity contribution in [1.82, 2.24) is 4.90 Å². The fraction of sp³-hybridized carbons (Fsp3) is 0.400. The zero-order valence-electron chi connectivity index (χ0n) is 13.3. The van der Waals surface area contributed by atoms with Gasteiger partial charge in [-0.1, -0.05) is 61.5 Å². The first-order chi connectivity index (χ1) is 10.7. The second-order valence-corrected chi connectivity index (χ2v) is 6.35. The largest absolute Gasteiger partial charge is 0.385 e. The van der Waals surface area contributed by atoms with Crippen LogP contribution in [-0.4, -0.2) is 23.1 Å². The third kappa shape index (κ3) is 3.40. The van der Waals surface area contributed by atoms with E-state index < -0.39 is 5.60 Å². The van der Waals surface area contributed by atoms with Crippen LogP contribution in [0, 0.1) is 0 Å². The molecule has 0 saturated carbocycles. The van der Waals surface area contributed by atoms with E-state index in [4.69, 9.17) is 0 Å². The number of hydrogen-bond donors (Lipinski definition) is 1. The van der Waals surface area contributed by atoms with Gasteiger partial charge in [0.25, 0.3) is 0 Å². The summed E-state index contributed by atoms with van der Waals surface area (Å²) in [6.45, 7) is 5.03. The van der Waals surface area contributed by atoms with Gasteiger partial charge in [-0.25, -0.2) is 0 Å². The first kappa shape index (κ1) is 15.3. The molecule has 1 fully saturated rings. The topological polar surface area (TPSA) is 23.5 Å². The molecule has 0 amide bonds. The first-order valence-electron chi connectivity index (χ1n) is 8.28. The Bertz CT molecular complexity index is 600. The van der Waals surface area contributed by atoms with Crippen molar-refractivity contribution in [3.63, 3.8) is 0 Å². The summed E-state index contributed by atoms with van der Waals surface area (Å²) in [4.78, 5) is 2.44. The quantitative estimate of drug-likeness (QED) is 0.929. The maximum atomic E-state index is 11.0. The molecule has 0 bridgehead atoms. The van der Waals surface area contributed by atoms with E-state index in [0.29, 0.717) is 0 Å². The lowest BCUT2D eigenvalue weighted by Crippen LogP contribution is -2.42. The molecular weight excluding hydrogens is 270 g/mol. The summed E-state index contributed by atoms with van der Waals surface area (Å²) in [5, 5.41) is 11.0. The maximum Gasteiger partial charge on any atom is 0.0921 e. The third-order valence-corrected chi connectivity index (χ3v) is 4.80. The van der Waals surface area contributed by atoms with Crippen LogP contribution >= 0.6 is 0 Å². The molecule has 0 spiro atoms. The van der Waals surface area contributed by atoms with Gasteiger partial charge in [0, 0.05) is 19.6 Å². The van der Waals surface area contributed by atoms with Gasteiger partial charge in [-0.05, 0) is 36.0 Å². The van der Waals surface area contributed by atoms with Crippen LogP contribution in [0.5, 0.6) is 0 Å². The van der Waals surface area contributed by atoms with Gasteiger partial charge in [-0.3, -0.25) is 4.90 Å². The zero-order valence-corrected chi connectivity index (χ0v) is 13.3. The Balaban J connectivity index is 1.65. The lowest BCUT2D eigenvalue weighted by atomic mass is 9.83. The summed E-state index contributed by atoms with van der Waals surface area (Å²) in [7, 11) is 0. The van der Waals surface area contributed by atoms with Crippen molar-refractivity contribution >= 4 is 0 Å². The molecule has 0 atom stereocenters. The molecule has 2 aromatic rings. The average molecular weight is 295 g/mol. The number of piperidine rings is 1.